The molecule has 0 aliphatic heterocycles. The summed E-state index contributed by atoms with van der Waals surface area (Å²) in [6.45, 7) is 2.07. The fourth-order valence-corrected chi connectivity index (χ4v) is 2.32. The second kappa shape index (κ2) is 4.40. The average Bonchev–Trinajstić information content (AvgIpc) is 2.41. The molecule has 1 heterocycles. The van der Waals surface area contributed by atoms with Crippen molar-refractivity contribution in [1.29, 1.82) is 0 Å². The molecule has 0 unspecified atom stereocenters. The van der Waals surface area contributed by atoms with E-state index >= 15 is 0 Å². The molecule has 0 aromatic carbocycles. The molecule has 0 radical (unpaired) electrons. The van der Waals surface area contributed by atoms with Gasteiger partial charge >= 0.3 is 0 Å². The summed E-state index contributed by atoms with van der Waals surface area (Å²) < 4.78 is 0.704. The van der Waals surface area contributed by atoms with Crippen molar-refractivity contribution in [2.75, 3.05) is 6.54 Å². The summed E-state index contributed by atoms with van der Waals surface area (Å²) in [6, 6.07) is 0. The highest BCUT2D eigenvalue weighted by atomic mass is 79.9. The summed E-state index contributed by atoms with van der Waals surface area (Å²) in [7, 11) is 0. The van der Waals surface area contributed by atoms with Crippen LogP contribution in [0, 0.1) is 19.3 Å². The topological polar surface area (TPSA) is 42.0 Å². The van der Waals surface area contributed by atoms with Gasteiger partial charge in [-0.15, -0.1) is 17.8 Å². The molecular weight excluding hydrogens is 252 g/mol. The molecule has 1 amide bonds. The van der Waals surface area contributed by atoms with Crippen LogP contribution in [0.15, 0.2) is 3.92 Å². The van der Waals surface area contributed by atoms with Crippen LogP contribution in [0.1, 0.15) is 15.4 Å². The van der Waals surface area contributed by atoms with E-state index < -0.39 is 0 Å². The summed E-state index contributed by atoms with van der Waals surface area (Å²) in [5.41, 5.74) is 0.437. The summed E-state index contributed by atoms with van der Waals surface area (Å²) in [6.07, 6.45) is 5.01. The highest BCUT2D eigenvalue weighted by Crippen LogP contribution is 2.21. The molecule has 5 heteroatoms. The van der Waals surface area contributed by atoms with Gasteiger partial charge in [-0.3, -0.25) is 4.79 Å². The number of nitrogens with zero attached hydrogens (tertiary/aromatic N) is 1. The van der Waals surface area contributed by atoms with Crippen molar-refractivity contribution in [2.45, 2.75) is 6.92 Å². The Morgan fingerprint density at radius 2 is 2.54 bits per heavy atom. The molecule has 0 spiro atoms. The largest absolute Gasteiger partial charge is 0.340 e. The van der Waals surface area contributed by atoms with E-state index in [1.54, 1.807) is 0 Å². The van der Waals surface area contributed by atoms with E-state index in [2.05, 4.69) is 32.2 Å². The first-order valence-electron chi connectivity index (χ1n) is 3.49. The van der Waals surface area contributed by atoms with Gasteiger partial charge in [-0.1, -0.05) is 5.92 Å². The van der Waals surface area contributed by atoms with Gasteiger partial charge in [0.05, 0.1) is 6.54 Å². The predicted molar refractivity (Wildman–Crippen MR) is 55.7 cm³/mol. The SMILES string of the molecule is C#CCNC(=O)c1nc(Br)sc1C. The number of hydrogen-bond donors (Lipinski definition) is 1. The Hall–Kier alpha value is -0.860. The lowest BCUT2D eigenvalue weighted by molar-refractivity contribution is 0.0954. The second-order valence-corrected chi connectivity index (χ2v) is 4.74. The van der Waals surface area contributed by atoms with Gasteiger partial charge in [-0.05, 0) is 22.9 Å². The number of thiazole rings is 1. The molecule has 0 atom stereocenters. The minimum absolute atomic E-state index is 0.225. The second-order valence-electron chi connectivity index (χ2n) is 2.26. The maximum atomic E-state index is 11.4. The Labute approximate surface area is 88.7 Å². The first-order valence-corrected chi connectivity index (χ1v) is 5.10. The molecule has 0 fully saturated rings. The molecular formula is C8H7BrN2OS. The molecule has 68 valence electrons. The molecule has 0 saturated heterocycles. The quantitative estimate of drug-likeness (QED) is 0.819. The van der Waals surface area contributed by atoms with E-state index in [1.165, 1.54) is 11.3 Å². The number of terminal acetylenes is 1. The van der Waals surface area contributed by atoms with Gasteiger partial charge in [0.25, 0.3) is 5.91 Å². The summed E-state index contributed by atoms with van der Waals surface area (Å²) in [4.78, 5) is 16.2. The molecule has 13 heavy (non-hydrogen) atoms. The summed E-state index contributed by atoms with van der Waals surface area (Å²) >= 11 is 4.63. The average molecular weight is 259 g/mol. The van der Waals surface area contributed by atoms with Gasteiger partial charge in [-0.25, -0.2) is 4.98 Å². The Balaban J connectivity index is 2.78. The van der Waals surface area contributed by atoms with Crippen molar-refractivity contribution >= 4 is 33.2 Å². The Morgan fingerprint density at radius 3 is 3.00 bits per heavy atom. The number of aromatic nitrogens is 1. The van der Waals surface area contributed by atoms with Crippen molar-refractivity contribution in [3.8, 4) is 12.3 Å². The zero-order chi connectivity index (χ0) is 9.84. The van der Waals surface area contributed by atoms with Crippen LogP contribution in [0.5, 0.6) is 0 Å². The van der Waals surface area contributed by atoms with Crippen LogP contribution in [-0.2, 0) is 0 Å². The Bertz CT molecular complexity index is 367. The molecule has 1 aromatic heterocycles. The highest BCUT2D eigenvalue weighted by molar-refractivity contribution is 9.11. The van der Waals surface area contributed by atoms with Crippen LogP contribution in [0.3, 0.4) is 0 Å². The van der Waals surface area contributed by atoms with Crippen molar-refractivity contribution in [3.05, 3.63) is 14.5 Å². The zero-order valence-electron chi connectivity index (χ0n) is 6.93. The van der Waals surface area contributed by atoms with Gasteiger partial charge < -0.3 is 5.32 Å². The fraction of sp³-hybridized carbons (Fsp3) is 0.250. The van der Waals surface area contributed by atoms with Crippen LogP contribution in [0.25, 0.3) is 0 Å². The number of hydrogen-bond acceptors (Lipinski definition) is 3. The molecule has 0 aliphatic rings. The number of amides is 1. The van der Waals surface area contributed by atoms with E-state index in [4.69, 9.17) is 6.42 Å². The number of carbonyl (C=O) groups is 1. The number of aryl methyl sites for hydroxylation is 1. The van der Waals surface area contributed by atoms with Crippen LogP contribution in [0.4, 0.5) is 0 Å². The van der Waals surface area contributed by atoms with Crippen LogP contribution in [0.2, 0.25) is 0 Å². The standard InChI is InChI=1S/C8H7BrN2OS/c1-3-4-10-7(12)6-5(2)13-8(9)11-6/h1H,4H2,2H3,(H,10,12). The van der Waals surface area contributed by atoms with E-state index in [1.807, 2.05) is 6.92 Å². The third kappa shape index (κ3) is 2.54. The number of halogens is 1. The predicted octanol–water partition coefficient (Wildman–Crippen LogP) is 1.58. The number of carbonyl (C=O) groups excluding carboxylic acids is 1. The van der Waals surface area contributed by atoms with E-state index in [0.717, 1.165) is 4.88 Å². The molecule has 1 N–H and O–H groups in total. The lowest BCUT2D eigenvalue weighted by atomic mass is 10.3. The van der Waals surface area contributed by atoms with Gasteiger partial charge in [0, 0.05) is 4.88 Å². The van der Waals surface area contributed by atoms with Gasteiger partial charge in [0.15, 0.2) is 3.92 Å². The molecule has 0 aliphatic carbocycles. The summed E-state index contributed by atoms with van der Waals surface area (Å²) in [5, 5.41) is 2.55. The number of nitrogens with one attached hydrogen (secondary N) is 1. The number of rotatable bonds is 2. The molecule has 1 aromatic rings. The van der Waals surface area contributed by atoms with Gasteiger partial charge in [0.1, 0.15) is 5.69 Å². The lowest BCUT2D eigenvalue weighted by Crippen LogP contribution is -2.24. The van der Waals surface area contributed by atoms with Crippen molar-refractivity contribution in [2.24, 2.45) is 0 Å². The van der Waals surface area contributed by atoms with Gasteiger partial charge in [-0.2, -0.15) is 0 Å². The summed E-state index contributed by atoms with van der Waals surface area (Å²) in [5.74, 6) is 2.10. The van der Waals surface area contributed by atoms with E-state index in [9.17, 15) is 4.79 Å². The Kier molecular flexibility index (Phi) is 3.46. The highest BCUT2D eigenvalue weighted by Gasteiger charge is 2.12. The first kappa shape index (κ1) is 10.2. The molecule has 1 rings (SSSR count). The molecule has 3 nitrogen and oxygen atoms in total. The monoisotopic (exact) mass is 258 g/mol. The van der Waals surface area contributed by atoms with E-state index in [-0.39, 0.29) is 12.5 Å². The molecule has 0 bridgehead atoms. The third-order valence-corrected chi connectivity index (χ3v) is 2.76. The van der Waals surface area contributed by atoms with Crippen LogP contribution < -0.4 is 5.32 Å². The van der Waals surface area contributed by atoms with Crippen LogP contribution in [-0.4, -0.2) is 17.4 Å². The minimum Gasteiger partial charge on any atom is -0.340 e. The first-order chi connectivity index (χ1) is 6.15. The normalized spacial score (nSPS) is 9.31. The van der Waals surface area contributed by atoms with Crippen LogP contribution >= 0.6 is 27.3 Å². The smallest absolute Gasteiger partial charge is 0.271 e. The zero-order valence-corrected chi connectivity index (χ0v) is 9.33. The maximum Gasteiger partial charge on any atom is 0.271 e. The van der Waals surface area contributed by atoms with Crippen molar-refractivity contribution < 1.29 is 4.79 Å². The van der Waals surface area contributed by atoms with E-state index in [0.29, 0.717) is 9.61 Å². The lowest BCUT2D eigenvalue weighted by Gasteiger charge is -1.97. The molecule has 0 saturated carbocycles. The van der Waals surface area contributed by atoms with Gasteiger partial charge in [0.2, 0.25) is 0 Å². The van der Waals surface area contributed by atoms with Crippen molar-refractivity contribution in [1.82, 2.24) is 10.3 Å². The Morgan fingerprint density at radius 1 is 1.85 bits per heavy atom. The van der Waals surface area contributed by atoms with Crippen molar-refractivity contribution in [3.63, 3.8) is 0 Å². The minimum atomic E-state index is -0.225. The fourth-order valence-electron chi connectivity index (χ4n) is 0.790. The maximum absolute atomic E-state index is 11.4. The third-order valence-electron chi connectivity index (χ3n) is 1.34.